The Morgan fingerprint density at radius 1 is 1.26 bits per heavy atom. The van der Waals surface area contributed by atoms with E-state index in [-0.39, 0.29) is 11.5 Å². The number of hydrogen-bond acceptors (Lipinski definition) is 5. The Morgan fingerprint density at radius 2 is 1.89 bits per heavy atom. The fourth-order valence-corrected chi connectivity index (χ4v) is 2.03. The zero-order valence-corrected chi connectivity index (χ0v) is 10.3. The minimum absolute atomic E-state index is 0.175. The van der Waals surface area contributed by atoms with Crippen molar-refractivity contribution in [2.45, 2.75) is 11.5 Å². The Balaban J connectivity index is 2.40. The highest BCUT2D eigenvalue weighted by molar-refractivity contribution is 7.85. The Kier molecular flexibility index (Phi) is 3.53. The third-order valence-corrected chi connectivity index (χ3v) is 3.25. The predicted molar refractivity (Wildman–Crippen MR) is 63.6 cm³/mol. The molecule has 0 aliphatic rings. The van der Waals surface area contributed by atoms with Crippen LogP contribution in [-0.2, 0) is 21.6 Å². The molecular weight excluding hydrogens is 276 g/mol. The number of hydrogen-bond donors (Lipinski definition) is 3. The summed E-state index contributed by atoms with van der Waals surface area (Å²) >= 11 is 0. The SMILES string of the molecule is O=c1cc(COO)[nH]n1-c1ccc(S(=O)(=O)O)cc1. The van der Waals surface area contributed by atoms with Crippen molar-refractivity contribution in [2.75, 3.05) is 0 Å². The van der Waals surface area contributed by atoms with Crippen molar-refractivity contribution in [1.82, 2.24) is 9.78 Å². The molecule has 1 heterocycles. The van der Waals surface area contributed by atoms with E-state index in [1.54, 1.807) is 0 Å². The first-order valence-corrected chi connectivity index (χ1v) is 6.51. The number of aromatic nitrogens is 2. The topological polar surface area (TPSA) is 122 Å². The van der Waals surface area contributed by atoms with Crippen molar-refractivity contribution in [1.29, 1.82) is 0 Å². The largest absolute Gasteiger partial charge is 0.294 e. The molecule has 0 fully saturated rings. The molecule has 2 rings (SSSR count). The van der Waals surface area contributed by atoms with E-state index in [9.17, 15) is 13.2 Å². The molecule has 0 bridgehead atoms. The van der Waals surface area contributed by atoms with Crippen molar-refractivity contribution in [3.63, 3.8) is 0 Å². The summed E-state index contributed by atoms with van der Waals surface area (Å²) in [6.07, 6.45) is 0. The molecular formula is C10H10N2O6S. The van der Waals surface area contributed by atoms with Gasteiger partial charge in [0.05, 0.1) is 16.3 Å². The van der Waals surface area contributed by atoms with Crippen LogP contribution in [0.2, 0.25) is 0 Å². The van der Waals surface area contributed by atoms with Crippen molar-refractivity contribution in [3.8, 4) is 5.69 Å². The summed E-state index contributed by atoms with van der Waals surface area (Å²) in [4.78, 5) is 15.3. The van der Waals surface area contributed by atoms with Crippen LogP contribution in [0.1, 0.15) is 5.69 Å². The highest BCUT2D eigenvalue weighted by atomic mass is 32.2. The molecule has 0 radical (unpaired) electrons. The molecule has 1 aromatic heterocycles. The summed E-state index contributed by atoms with van der Waals surface area (Å²) in [6.45, 7) is -0.175. The zero-order valence-electron chi connectivity index (χ0n) is 9.48. The van der Waals surface area contributed by atoms with Crippen LogP contribution in [0.15, 0.2) is 40.0 Å². The van der Waals surface area contributed by atoms with Crippen LogP contribution in [-0.4, -0.2) is 28.0 Å². The van der Waals surface area contributed by atoms with Crippen molar-refractivity contribution < 1.29 is 23.1 Å². The molecule has 0 aliphatic heterocycles. The molecule has 1 aromatic carbocycles. The van der Waals surface area contributed by atoms with Crippen molar-refractivity contribution >= 4 is 10.1 Å². The predicted octanol–water partition coefficient (Wildman–Crippen LogP) is 0.402. The first-order chi connectivity index (χ1) is 8.91. The maximum Gasteiger partial charge on any atom is 0.294 e. The first kappa shape index (κ1) is 13.5. The monoisotopic (exact) mass is 286 g/mol. The lowest BCUT2D eigenvalue weighted by Gasteiger charge is -2.03. The quantitative estimate of drug-likeness (QED) is 0.425. The van der Waals surface area contributed by atoms with E-state index in [4.69, 9.17) is 9.81 Å². The van der Waals surface area contributed by atoms with Crippen molar-refractivity contribution in [2.24, 2.45) is 0 Å². The molecule has 9 heteroatoms. The minimum atomic E-state index is -4.27. The van der Waals surface area contributed by atoms with Crippen molar-refractivity contribution in [3.05, 3.63) is 46.4 Å². The van der Waals surface area contributed by atoms with Gasteiger partial charge in [0.2, 0.25) is 0 Å². The lowest BCUT2D eigenvalue weighted by Crippen LogP contribution is -2.13. The van der Waals surface area contributed by atoms with Gasteiger partial charge in [-0.25, -0.2) is 9.57 Å². The second-order valence-corrected chi connectivity index (χ2v) is 5.12. The van der Waals surface area contributed by atoms with E-state index < -0.39 is 15.7 Å². The highest BCUT2D eigenvalue weighted by Gasteiger charge is 2.10. The second-order valence-electron chi connectivity index (χ2n) is 3.70. The molecule has 0 unspecified atom stereocenters. The summed E-state index contributed by atoms with van der Waals surface area (Å²) in [7, 11) is -4.27. The van der Waals surface area contributed by atoms with Gasteiger partial charge in [0.1, 0.15) is 6.61 Å². The smallest absolute Gasteiger partial charge is 0.293 e. The summed E-state index contributed by atoms with van der Waals surface area (Å²) in [5.41, 5.74) is 0.333. The van der Waals surface area contributed by atoms with Crippen LogP contribution in [0, 0.1) is 0 Å². The van der Waals surface area contributed by atoms with E-state index >= 15 is 0 Å². The van der Waals surface area contributed by atoms with Gasteiger partial charge in [0.25, 0.3) is 15.7 Å². The fourth-order valence-electron chi connectivity index (χ4n) is 1.55. The van der Waals surface area contributed by atoms with E-state index in [1.165, 1.54) is 30.3 Å². The highest BCUT2D eigenvalue weighted by Crippen LogP contribution is 2.12. The van der Waals surface area contributed by atoms with E-state index in [2.05, 4.69) is 9.99 Å². The molecule has 0 saturated heterocycles. The van der Waals surface area contributed by atoms with Crippen LogP contribution in [0.3, 0.4) is 0 Å². The van der Waals surface area contributed by atoms with Gasteiger partial charge in [0, 0.05) is 6.07 Å². The van der Waals surface area contributed by atoms with Gasteiger partial charge in [-0.3, -0.25) is 19.7 Å². The molecule has 102 valence electrons. The summed E-state index contributed by atoms with van der Waals surface area (Å²) in [5.74, 6) is 0. The average Bonchev–Trinajstić information content (AvgIpc) is 2.70. The summed E-state index contributed by atoms with van der Waals surface area (Å²) in [6, 6.07) is 6.27. The number of rotatable bonds is 4. The van der Waals surface area contributed by atoms with Gasteiger partial charge in [0.15, 0.2) is 0 Å². The normalized spacial score (nSPS) is 11.7. The minimum Gasteiger partial charge on any atom is -0.293 e. The van der Waals surface area contributed by atoms with E-state index in [0.717, 1.165) is 4.68 Å². The molecule has 0 spiro atoms. The third-order valence-electron chi connectivity index (χ3n) is 2.39. The molecule has 0 aliphatic carbocycles. The Bertz CT molecular complexity index is 728. The van der Waals surface area contributed by atoms with Crippen LogP contribution in [0.25, 0.3) is 5.69 Å². The van der Waals surface area contributed by atoms with E-state index in [0.29, 0.717) is 11.4 Å². The number of aromatic amines is 1. The number of benzene rings is 1. The van der Waals surface area contributed by atoms with Gasteiger partial charge in [-0.15, -0.1) is 0 Å². The lowest BCUT2D eigenvalue weighted by atomic mass is 10.3. The van der Waals surface area contributed by atoms with Crippen LogP contribution in [0.4, 0.5) is 0 Å². The van der Waals surface area contributed by atoms with Crippen LogP contribution >= 0.6 is 0 Å². The zero-order chi connectivity index (χ0) is 14.0. The Morgan fingerprint density at radius 3 is 2.42 bits per heavy atom. The maximum absolute atomic E-state index is 11.6. The summed E-state index contributed by atoms with van der Waals surface area (Å²) < 4.78 is 31.7. The van der Waals surface area contributed by atoms with Gasteiger partial charge in [-0.05, 0) is 24.3 Å². The summed E-state index contributed by atoms with van der Waals surface area (Å²) in [5, 5.41) is 11.0. The molecule has 0 atom stereocenters. The second kappa shape index (κ2) is 4.97. The fraction of sp³-hybridized carbons (Fsp3) is 0.100. The number of nitrogens with one attached hydrogen (secondary N) is 1. The number of H-pyrrole nitrogens is 1. The van der Waals surface area contributed by atoms with Gasteiger partial charge < -0.3 is 0 Å². The first-order valence-electron chi connectivity index (χ1n) is 5.07. The molecule has 2 aromatic rings. The van der Waals surface area contributed by atoms with Gasteiger partial charge in [-0.1, -0.05) is 0 Å². The molecule has 19 heavy (non-hydrogen) atoms. The molecule has 8 nitrogen and oxygen atoms in total. The van der Waals surface area contributed by atoms with Crippen LogP contribution < -0.4 is 5.56 Å². The molecule has 0 saturated carbocycles. The van der Waals surface area contributed by atoms with E-state index in [1.807, 2.05) is 0 Å². The Hall–Kier alpha value is -1.94. The maximum atomic E-state index is 11.6. The third kappa shape index (κ3) is 2.90. The van der Waals surface area contributed by atoms with Gasteiger partial charge in [-0.2, -0.15) is 8.42 Å². The van der Waals surface area contributed by atoms with Crippen LogP contribution in [0.5, 0.6) is 0 Å². The lowest BCUT2D eigenvalue weighted by molar-refractivity contribution is -0.253. The average molecular weight is 286 g/mol. The standard InChI is InChI=1S/C10H10N2O6S/c13-10-5-7(6-18-14)11-12(10)8-1-3-9(4-2-8)19(15,16)17/h1-5,11,14H,6H2,(H,15,16,17). The Labute approximate surface area is 107 Å². The van der Waals surface area contributed by atoms with Gasteiger partial charge >= 0.3 is 0 Å². The molecule has 3 N–H and O–H groups in total. The molecule has 0 amide bonds. The number of nitrogens with zero attached hydrogens (tertiary/aromatic N) is 1.